The predicted octanol–water partition coefficient (Wildman–Crippen LogP) is 2.78. The van der Waals surface area contributed by atoms with E-state index in [1.54, 1.807) is 30.0 Å². The van der Waals surface area contributed by atoms with Crippen molar-refractivity contribution in [3.05, 3.63) is 70.6 Å². The SMILES string of the molecule is CCN1CCN(C(=O)c2cn(-c3cccc(OC)c3)c(=O)c3ccccc23)CC1. The molecule has 0 N–H and O–H groups in total. The number of pyridine rings is 1. The van der Waals surface area contributed by atoms with Gasteiger partial charge in [0.15, 0.2) is 0 Å². The molecule has 3 aromatic rings. The van der Waals surface area contributed by atoms with Crippen molar-refractivity contribution in [3.63, 3.8) is 0 Å². The lowest BCUT2D eigenvalue weighted by atomic mass is 10.1. The third kappa shape index (κ3) is 3.63. The molecule has 6 heteroatoms. The van der Waals surface area contributed by atoms with E-state index in [2.05, 4.69) is 11.8 Å². The van der Waals surface area contributed by atoms with Crippen LogP contribution >= 0.6 is 0 Å². The minimum absolute atomic E-state index is 0.0337. The molecule has 1 aromatic heterocycles. The summed E-state index contributed by atoms with van der Waals surface area (Å²) in [6.07, 6.45) is 1.67. The van der Waals surface area contributed by atoms with Crippen LogP contribution < -0.4 is 10.3 Å². The Labute approximate surface area is 169 Å². The molecule has 150 valence electrons. The van der Waals surface area contributed by atoms with E-state index in [1.165, 1.54) is 0 Å². The molecule has 2 aromatic carbocycles. The molecule has 0 aliphatic carbocycles. The van der Waals surface area contributed by atoms with Gasteiger partial charge in [0, 0.05) is 49.2 Å². The number of methoxy groups -OCH3 is 1. The predicted molar refractivity (Wildman–Crippen MR) is 114 cm³/mol. The molecule has 29 heavy (non-hydrogen) atoms. The highest BCUT2D eigenvalue weighted by atomic mass is 16.5. The summed E-state index contributed by atoms with van der Waals surface area (Å²) in [4.78, 5) is 30.8. The highest BCUT2D eigenvalue weighted by Gasteiger charge is 2.24. The fourth-order valence-corrected chi connectivity index (χ4v) is 3.85. The van der Waals surface area contributed by atoms with Gasteiger partial charge in [0.1, 0.15) is 5.75 Å². The molecule has 4 rings (SSSR count). The molecule has 1 amide bonds. The third-order valence-electron chi connectivity index (χ3n) is 5.59. The number of rotatable bonds is 4. The van der Waals surface area contributed by atoms with Gasteiger partial charge in [-0.1, -0.05) is 31.2 Å². The molecule has 1 aliphatic rings. The molecule has 0 saturated carbocycles. The van der Waals surface area contributed by atoms with Crippen LogP contribution in [-0.2, 0) is 0 Å². The highest BCUT2D eigenvalue weighted by Crippen LogP contribution is 2.22. The topological polar surface area (TPSA) is 54.8 Å². The summed E-state index contributed by atoms with van der Waals surface area (Å²) in [5, 5.41) is 1.23. The zero-order valence-electron chi connectivity index (χ0n) is 16.8. The Kier molecular flexibility index (Phi) is 5.36. The first kappa shape index (κ1) is 19.2. The lowest BCUT2D eigenvalue weighted by molar-refractivity contribution is 0.0644. The maximum absolute atomic E-state index is 13.4. The number of amides is 1. The minimum Gasteiger partial charge on any atom is -0.497 e. The summed E-state index contributed by atoms with van der Waals surface area (Å²) < 4.78 is 6.84. The van der Waals surface area contributed by atoms with Crippen LogP contribution in [0.15, 0.2) is 59.5 Å². The molecule has 0 unspecified atom stereocenters. The largest absolute Gasteiger partial charge is 0.497 e. The number of hydrogen-bond donors (Lipinski definition) is 0. The second-order valence-corrected chi connectivity index (χ2v) is 7.19. The number of fused-ring (bicyclic) bond motifs is 1. The van der Waals surface area contributed by atoms with Crippen LogP contribution in [0.4, 0.5) is 0 Å². The number of piperazine rings is 1. The Morgan fingerprint density at radius 2 is 1.72 bits per heavy atom. The van der Waals surface area contributed by atoms with Gasteiger partial charge in [0.05, 0.1) is 18.4 Å². The van der Waals surface area contributed by atoms with Gasteiger partial charge in [-0.05, 0) is 24.7 Å². The Morgan fingerprint density at radius 1 is 1.00 bits per heavy atom. The van der Waals surface area contributed by atoms with E-state index in [0.29, 0.717) is 40.9 Å². The van der Waals surface area contributed by atoms with Crippen molar-refractivity contribution >= 4 is 16.7 Å². The van der Waals surface area contributed by atoms with Crippen molar-refractivity contribution in [1.82, 2.24) is 14.4 Å². The van der Waals surface area contributed by atoms with Gasteiger partial charge >= 0.3 is 0 Å². The molecule has 0 atom stereocenters. The number of nitrogens with zero attached hydrogens (tertiary/aromatic N) is 3. The van der Waals surface area contributed by atoms with Gasteiger partial charge in [0.25, 0.3) is 11.5 Å². The van der Waals surface area contributed by atoms with E-state index < -0.39 is 0 Å². The average molecular weight is 391 g/mol. The summed E-state index contributed by atoms with van der Waals surface area (Å²) in [6, 6.07) is 14.6. The highest BCUT2D eigenvalue weighted by molar-refractivity contribution is 6.06. The molecule has 2 heterocycles. The van der Waals surface area contributed by atoms with Gasteiger partial charge in [-0.3, -0.25) is 14.2 Å². The Bertz CT molecular complexity index is 1100. The Balaban J connectivity index is 1.82. The van der Waals surface area contributed by atoms with Gasteiger partial charge in [-0.25, -0.2) is 0 Å². The number of carbonyl (C=O) groups excluding carboxylic acids is 1. The molecule has 0 spiro atoms. The quantitative estimate of drug-likeness (QED) is 0.686. The van der Waals surface area contributed by atoms with Gasteiger partial charge in [-0.15, -0.1) is 0 Å². The van der Waals surface area contributed by atoms with E-state index in [0.717, 1.165) is 19.6 Å². The zero-order chi connectivity index (χ0) is 20.4. The van der Waals surface area contributed by atoms with Crippen LogP contribution in [-0.4, -0.2) is 60.1 Å². The van der Waals surface area contributed by atoms with E-state index in [1.807, 2.05) is 41.3 Å². The summed E-state index contributed by atoms with van der Waals surface area (Å²) in [5.74, 6) is 0.625. The lowest BCUT2D eigenvalue weighted by Crippen LogP contribution is -2.48. The summed E-state index contributed by atoms with van der Waals surface area (Å²) in [6.45, 7) is 6.25. The summed E-state index contributed by atoms with van der Waals surface area (Å²) >= 11 is 0. The Hall–Kier alpha value is -3.12. The maximum atomic E-state index is 13.4. The van der Waals surface area contributed by atoms with Crippen LogP contribution in [0.2, 0.25) is 0 Å². The second-order valence-electron chi connectivity index (χ2n) is 7.19. The maximum Gasteiger partial charge on any atom is 0.262 e. The first-order valence-electron chi connectivity index (χ1n) is 9.93. The summed E-state index contributed by atoms with van der Waals surface area (Å²) in [5.41, 5.74) is 1.07. The minimum atomic E-state index is -0.152. The number of aromatic nitrogens is 1. The Morgan fingerprint density at radius 3 is 2.41 bits per heavy atom. The molecular weight excluding hydrogens is 366 g/mol. The second kappa shape index (κ2) is 8.09. The molecule has 0 bridgehead atoms. The van der Waals surface area contributed by atoms with Crippen molar-refractivity contribution in [3.8, 4) is 11.4 Å². The molecular formula is C23H25N3O3. The van der Waals surface area contributed by atoms with Crippen LogP contribution in [0.3, 0.4) is 0 Å². The number of ether oxygens (including phenoxy) is 1. The zero-order valence-corrected chi connectivity index (χ0v) is 16.8. The molecule has 0 radical (unpaired) electrons. The summed E-state index contributed by atoms with van der Waals surface area (Å²) in [7, 11) is 1.59. The fraction of sp³-hybridized carbons (Fsp3) is 0.304. The molecule has 1 fully saturated rings. The third-order valence-corrected chi connectivity index (χ3v) is 5.59. The van der Waals surface area contributed by atoms with Gasteiger partial charge in [0.2, 0.25) is 0 Å². The molecule has 1 aliphatic heterocycles. The van der Waals surface area contributed by atoms with Crippen molar-refractivity contribution in [2.24, 2.45) is 0 Å². The van der Waals surface area contributed by atoms with E-state index >= 15 is 0 Å². The first-order chi connectivity index (χ1) is 14.1. The molecule has 1 saturated heterocycles. The number of benzene rings is 2. The van der Waals surface area contributed by atoms with Gasteiger partial charge < -0.3 is 14.5 Å². The fourth-order valence-electron chi connectivity index (χ4n) is 3.85. The monoisotopic (exact) mass is 391 g/mol. The first-order valence-corrected chi connectivity index (χ1v) is 9.93. The standard InChI is InChI=1S/C23H25N3O3/c1-3-24-11-13-25(14-12-24)22(27)21-16-26(17-7-6-8-18(15-17)29-2)23(28)20-10-5-4-9-19(20)21/h4-10,15-16H,3,11-14H2,1-2H3. The van der Waals surface area contributed by atoms with Gasteiger partial charge in [-0.2, -0.15) is 0 Å². The van der Waals surface area contributed by atoms with Crippen molar-refractivity contribution in [2.45, 2.75) is 6.92 Å². The number of likely N-dealkylation sites (N-methyl/N-ethyl adjacent to an activating group) is 1. The number of carbonyl (C=O) groups is 1. The van der Waals surface area contributed by atoms with Crippen molar-refractivity contribution in [2.75, 3.05) is 39.8 Å². The van der Waals surface area contributed by atoms with Crippen molar-refractivity contribution in [1.29, 1.82) is 0 Å². The van der Waals surface area contributed by atoms with E-state index in [4.69, 9.17) is 4.74 Å². The van der Waals surface area contributed by atoms with Crippen LogP contribution in [0.1, 0.15) is 17.3 Å². The lowest BCUT2D eigenvalue weighted by Gasteiger charge is -2.34. The normalized spacial score (nSPS) is 14.9. The van der Waals surface area contributed by atoms with Crippen LogP contribution in [0, 0.1) is 0 Å². The van der Waals surface area contributed by atoms with Crippen LogP contribution in [0.25, 0.3) is 16.5 Å². The van der Waals surface area contributed by atoms with E-state index in [-0.39, 0.29) is 11.5 Å². The average Bonchev–Trinajstić information content (AvgIpc) is 2.79. The number of hydrogen-bond acceptors (Lipinski definition) is 4. The molecule has 6 nitrogen and oxygen atoms in total. The van der Waals surface area contributed by atoms with Crippen LogP contribution in [0.5, 0.6) is 5.75 Å². The smallest absolute Gasteiger partial charge is 0.262 e. The van der Waals surface area contributed by atoms with Crippen molar-refractivity contribution < 1.29 is 9.53 Å². The van der Waals surface area contributed by atoms with E-state index in [9.17, 15) is 9.59 Å².